The molecule has 0 saturated carbocycles. The van der Waals surface area contributed by atoms with E-state index in [4.69, 9.17) is 0 Å². The number of amides is 1. The maximum Gasteiger partial charge on any atom is 0.221 e. The van der Waals surface area contributed by atoms with Gasteiger partial charge in [0.25, 0.3) is 0 Å². The van der Waals surface area contributed by atoms with Gasteiger partial charge in [-0.3, -0.25) is 9.69 Å². The first kappa shape index (κ1) is 15.4. The molecule has 0 aromatic carbocycles. The summed E-state index contributed by atoms with van der Waals surface area (Å²) in [7, 11) is 0. The van der Waals surface area contributed by atoms with Gasteiger partial charge in [-0.25, -0.2) is 0 Å². The smallest absolute Gasteiger partial charge is 0.221 e. The average molecular weight is 257 g/mol. The van der Waals surface area contributed by atoms with Crippen molar-refractivity contribution in [2.45, 2.75) is 39.3 Å². The Morgan fingerprint density at radius 3 is 2.22 bits per heavy atom. The first-order chi connectivity index (χ1) is 8.47. The molecule has 0 spiro atoms. The fourth-order valence-corrected chi connectivity index (χ4v) is 2.22. The topological polar surface area (TPSA) is 55.8 Å². The second kappa shape index (κ2) is 7.71. The molecule has 2 N–H and O–H groups in total. The van der Waals surface area contributed by atoms with Gasteiger partial charge in [0.2, 0.25) is 5.91 Å². The summed E-state index contributed by atoms with van der Waals surface area (Å²) >= 11 is 0. The summed E-state index contributed by atoms with van der Waals surface area (Å²) in [6, 6.07) is 0.223. The minimum atomic E-state index is -0.256. The molecular formula is C13H27N3O2. The van der Waals surface area contributed by atoms with E-state index >= 15 is 0 Å². The number of aliphatic hydroxyl groups excluding tert-OH is 1. The molecule has 5 heteroatoms. The van der Waals surface area contributed by atoms with Crippen molar-refractivity contribution < 1.29 is 9.90 Å². The molecule has 1 saturated heterocycles. The molecule has 1 aliphatic rings. The van der Waals surface area contributed by atoms with Crippen LogP contribution in [0.5, 0.6) is 0 Å². The Hall–Kier alpha value is -0.650. The third kappa shape index (κ3) is 6.33. The Morgan fingerprint density at radius 2 is 1.72 bits per heavy atom. The zero-order valence-corrected chi connectivity index (χ0v) is 11.9. The molecule has 0 bridgehead atoms. The van der Waals surface area contributed by atoms with Crippen LogP contribution in [0.25, 0.3) is 0 Å². The second-order valence-corrected chi connectivity index (χ2v) is 5.46. The van der Waals surface area contributed by atoms with Gasteiger partial charge in [0.15, 0.2) is 0 Å². The predicted molar refractivity (Wildman–Crippen MR) is 72.5 cm³/mol. The van der Waals surface area contributed by atoms with Crippen molar-refractivity contribution in [1.82, 2.24) is 15.1 Å². The molecule has 0 aromatic rings. The van der Waals surface area contributed by atoms with Crippen LogP contribution in [0.1, 0.15) is 27.2 Å². The molecule has 1 unspecified atom stereocenters. The first-order valence-corrected chi connectivity index (χ1v) is 6.89. The molecule has 1 fully saturated rings. The van der Waals surface area contributed by atoms with Crippen molar-refractivity contribution >= 4 is 5.91 Å². The van der Waals surface area contributed by atoms with Crippen LogP contribution in [0.4, 0.5) is 0 Å². The van der Waals surface area contributed by atoms with E-state index < -0.39 is 0 Å². The van der Waals surface area contributed by atoms with Crippen molar-refractivity contribution in [3.05, 3.63) is 0 Å². The monoisotopic (exact) mass is 257 g/mol. The zero-order chi connectivity index (χ0) is 13.5. The van der Waals surface area contributed by atoms with E-state index in [2.05, 4.69) is 15.1 Å². The number of β-amino-alcohol motifs (C(OH)–C–C–N with tert-alkyl or cyclic N) is 1. The van der Waals surface area contributed by atoms with E-state index in [0.29, 0.717) is 6.42 Å². The van der Waals surface area contributed by atoms with Gasteiger partial charge in [-0.15, -0.1) is 0 Å². The molecule has 1 atom stereocenters. The Labute approximate surface area is 110 Å². The van der Waals surface area contributed by atoms with Gasteiger partial charge in [0.1, 0.15) is 0 Å². The Bertz CT molecular complexity index is 249. The van der Waals surface area contributed by atoms with Crippen LogP contribution in [-0.2, 0) is 4.79 Å². The molecule has 1 rings (SSSR count). The predicted octanol–water partition coefficient (Wildman–Crippen LogP) is -0.100. The van der Waals surface area contributed by atoms with Crippen LogP contribution in [-0.4, -0.2) is 72.2 Å². The van der Waals surface area contributed by atoms with Gasteiger partial charge < -0.3 is 15.3 Å². The number of rotatable bonds is 6. The maximum atomic E-state index is 11.5. The van der Waals surface area contributed by atoms with Crippen LogP contribution in [0, 0.1) is 0 Å². The fourth-order valence-electron chi connectivity index (χ4n) is 2.22. The van der Waals surface area contributed by atoms with Gasteiger partial charge in [-0.05, 0) is 20.8 Å². The number of carbonyl (C=O) groups is 1. The van der Waals surface area contributed by atoms with E-state index in [1.165, 1.54) is 0 Å². The zero-order valence-electron chi connectivity index (χ0n) is 11.9. The summed E-state index contributed by atoms with van der Waals surface area (Å²) in [6.45, 7) is 11.3. The normalized spacial score (nSPS) is 20.1. The highest BCUT2D eigenvalue weighted by molar-refractivity contribution is 5.76. The fraction of sp³-hybridized carbons (Fsp3) is 0.923. The minimum Gasteiger partial charge on any atom is -0.392 e. The molecule has 0 aliphatic carbocycles. The summed E-state index contributed by atoms with van der Waals surface area (Å²) in [5.74, 6) is 0.136. The minimum absolute atomic E-state index is 0.136. The summed E-state index contributed by atoms with van der Waals surface area (Å²) in [6.07, 6.45) is 0.322. The molecule has 1 heterocycles. The third-order valence-corrected chi connectivity index (χ3v) is 3.09. The molecule has 18 heavy (non-hydrogen) atoms. The maximum absolute atomic E-state index is 11.5. The lowest BCUT2D eigenvalue weighted by atomic mass is 10.2. The number of hydrogen-bond donors (Lipinski definition) is 2. The number of carbonyl (C=O) groups excluding carboxylic acids is 1. The lowest BCUT2D eigenvalue weighted by molar-refractivity contribution is -0.122. The molecule has 1 aliphatic heterocycles. The number of nitrogens with one attached hydrogen (secondary N) is 1. The van der Waals surface area contributed by atoms with Gasteiger partial charge in [0.05, 0.1) is 6.10 Å². The molecule has 106 valence electrons. The Balaban J connectivity index is 2.14. The van der Waals surface area contributed by atoms with E-state index in [1.807, 2.05) is 20.8 Å². The molecule has 1 amide bonds. The lowest BCUT2D eigenvalue weighted by Gasteiger charge is -2.35. The largest absolute Gasteiger partial charge is 0.392 e. The summed E-state index contributed by atoms with van der Waals surface area (Å²) in [5, 5.41) is 12.2. The van der Waals surface area contributed by atoms with Crippen molar-refractivity contribution in [2.75, 3.05) is 39.3 Å². The highest BCUT2D eigenvalue weighted by Crippen LogP contribution is 2.03. The molecular weight excluding hydrogens is 230 g/mol. The SMILES string of the molecule is CC(O)CN1CCN(CCC(=O)NC(C)C)CC1. The molecule has 0 radical (unpaired) electrons. The number of piperazine rings is 1. The molecule has 0 aromatic heterocycles. The summed E-state index contributed by atoms with van der Waals surface area (Å²) in [5.41, 5.74) is 0. The Kier molecular flexibility index (Phi) is 6.60. The van der Waals surface area contributed by atoms with Crippen molar-refractivity contribution in [3.8, 4) is 0 Å². The lowest BCUT2D eigenvalue weighted by Crippen LogP contribution is -2.49. The Morgan fingerprint density at radius 1 is 1.17 bits per heavy atom. The quantitative estimate of drug-likeness (QED) is 0.698. The van der Waals surface area contributed by atoms with Crippen LogP contribution >= 0.6 is 0 Å². The van der Waals surface area contributed by atoms with Crippen molar-refractivity contribution in [2.24, 2.45) is 0 Å². The number of nitrogens with zero attached hydrogens (tertiary/aromatic N) is 2. The first-order valence-electron chi connectivity index (χ1n) is 6.89. The van der Waals surface area contributed by atoms with E-state index in [0.717, 1.165) is 39.3 Å². The third-order valence-electron chi connectivity index (χ3n) is 3.09. The summed E-state index contributed by atoms with van der Waals surface area (Å²) in [4.78, 5) is 16.1. The number of aliphatic hydroxyl groups is 1. The van der Waals surface area contributed by atoms with Crippen molar-refractivity contribution in [3.63, 3.8) is 0 Å². The van der Waals surface area contributed by atoms with Gasteiger partial charge in [-0.1, -0.05) is 0 Å². The molecule has 5 nitrogen and oxygen atoms in total. The second-order valence-electron chi connectivity index (χ2n) is 5.46. The van der Waals surface area contributed by atoms with E-state index in [1.54, 1.807) is 0 Å². The highest BCUT2D eigenvalue weighted by atomic mass is 16.3. The van der Waals surface area contributed by atoms with Crippen LogP contribution in [0.15, 0.2) is 0 Å². The van der Waals surface area contributed by atoms with Crippen molar-refractivity contribution in [1.29, 1.82) is 0 Å². The standard InChI is InChI=1S/C13H27N3O2/c1-11(2)14-13(18)4-5-15-6-8-16(9-7-15)10-12(3)17/h11-12,17H,4-10H2,1-3H3,(H,14,18). The van der Waals surface area contributed by atoms with Crippen LogP contribution < -0.4 is 5.32 Å². The van der Waals surface area contributed by atoms with Crippen LogP contribution in [0.3, 0.4) is 0 Å². The summed E-state index contributed by atoms with van der Waals surface area (Å²) < 4.78 is 0. The van der Waals surface area contributed by atoms with Gasteiger partial charge in [0, 0.05) is 51.7 Å². The number of hydrogen-bond acceptors (Lipinski definition) is 4. The van der Waals surface area contributed by atoms with E-state index in [-0.39, 0.29) is 18.1 Å². The average Bonchev–Trinajstić information content (AvgIpc) is 2.26. The van der Waals surface area contributed by atoms with E-state index in [9.17, 15) is 9.90 Å². The van der Waals surface area contributed by atoms with Gasteiger partial charge in [-0.2, -0.15) is 0 Å². The highest BCUT2D eigenvalue weighted by Gasteiger charge is 2.18. The van der Waals surface area contributed by atoms with Gasteiger partial charge >= 0.3 is 0 Å². The van der Waals surface area contributed by atoms with Crippen LogP contribution in [0.2, 0.25) is 0 Å².